The molecule has 1 heterocycles. The summed E-state index contributed by atoms with van der Waals surface area (Å²) >= 11 is 0. The lowest BCUT2D eigenvalue weighted by atomic mass is 10.4. The van der Waals surface area contributed by atoms with Gasteiger partial charge in [-0.25, -0.2) is 9.59 Å². The highest BCUT2D eigenvalue weighted by Crippen LogP contribution is 2.01. The first-order valence-corrected chi connectivity index (χ1v) is 5.04. The van der Waals surface area contributed by atoms with Gasteiger partial charge in [-0.05, 0) is 19.1 Å². The zero-order valence-corrected chi connectivity index (χ0v) is 9.67. The number of carbonyl (C=O) groups is 2. The summed E-state index contributed by atoms with van der Waals surface area (Å²) in [5.74, 6) is -0.918. The summed E-state index contributed by atoms with van der Waals surface area (Å²) in [6.45, 7) is 2.04. The van der Waals surface area contributed by atoms with Crippen LogP contribution in [0.2, 0.25) is 0 Å². The SMILES string of the molecule is CCOC(=O)C=CNn1cccc1C(=O)OC. The number of methoxy groups -OCH3 is 1. The van der Waals surface area contributed by atoms with Gasteiger partial charge in [0.1, 0.15) is 5.69 Å². The number of hydrogen-bond donors (Lipinski definition) is 1. The lowest BCUT2D eigenvalue weighted by molar-refractivity contribution is -0.137. The third-order valence-electron chi connectivity index (χ3n) is 1.86. The van der Waals surface area contributed by atoms with Gasteiger partial charge in [-0.15, -0.1) is 0 Å². The zero-order chi connectivity index (χ0) is 12.7. The summed E-state index contributed by atoms with van der Waals surface area (Å²) in [5, 5.41) is 0. The van der Waals surface area contributed by atoms with E-state index in [1.54, 1.807) is 25.3 Å². The fourth-order valence-corrected chi connectivity index (χ4v) is 1.14. The van der Waals surface area contributed by atoms with Crippen LogP contribution in [0, 0.1) is 0 Å². The van der Waals surface area contributed by atoms with Gasteiger partial charge < -0.3 is 14.9 Å². The average molecular weight is 238 g/mol. The summed E-state index contributed by atoms with van der Waals surface area (Å²) in [5.41, 5.74) is 3.07. The molecule has 0 saturated carbocycles. The highest BCUT2D eigenvalue weighted by molar-refractivity contribution is 5.87. The summed E-state index contributed by atoms with van der Waals surface area (Å²) < 4.78 is 10.7. The molecule has 0 spiro atoms. The maximum absolute atomic E-state index is 11.3. The van der Waals surface area contributed by atoms with Crippen molar-refractivity contribution in [2.45, 2.75) is 6.92 Å². The standard InChI is InChI=1S/C11H14N2O4/c1-3-17-10(14)6-7-12-13-8-4-5-9(13)11(15)16-2/h4-8,12H,3H2,1-2H3. The molecule has 0 atom stereocenters. The second kappa shape index (κ2) is 6.37. The average Bonchev–Trinajstić information content (AvgIpc) is 2.77. The summed E-state index contributed by atoms with van der Waals surface area (Å²) in [4.78, 5) is 22.3. The van der Waals surface area contributed by atoms with Gasteiger partial charge in [-0.1, -0.05) is 0 Å². The fourth-order valence-electron chi connectivity index (χ4n) is 1.14. The van der Waals surface area contributed by atoms with E-state index >= 15 is 0 Å². The van der Waals surface area contributed by atoms with Crippen molar-refractivity contribution in [3.8, 4) is 0 Å². The normalized spacial score (nSPS) is 10.2. The molecule has 17 heavy (non-hydrogen) atoms. The van der Waals surface area contributed by atoms with Crippen molar-refractivity contribution in [2.24, 2.45) is 0 Å². The first-order valence-electron chi connectivity index (χ1n) is 5.04. The minimum atomic E-state index is -0.466. The minimum absolute atomic E-state index is 0.320. The smallest absolute Gasteiger partial charge is 0.356 e. The van der Waals surface area contributed by atoms with E-state index in [4.69, 9.17) is 4.74 Å². The maximum atomic E-state index is 11.3. The Labute approximate surface area is 98.8 Å². The Morgan fingerprint density at radius 2 is 2.29 bits per heavy atom. The largest absolute Gasteiger partial charge is 0.464 e. The lowest BCUT2D eigenvalue weighted by Crippen LogP contribution is -2.16. The number of ether oxygens (including phenoxy) is 2. The first kappa shape index (κ1) is 12.8. The van der Waals surface area contributed by atoms with Gasteiger partial charge in [0.05, 0.1) is 13.7 Å². The molecule has 1 N–H and O–H groups in total. The number of rotatable bonds is 5. The highest BCUT2D eigenvalue weighted by atomic mass is 16.5. The van der Waals surface area contributed by atoms with Crippen molar-refractivity contribution in [3.05, 3.63) is 36.3 Å². The molecule has 0 aliphatic rings. The van der Waals surface area contributed by atoms with Gasteiger partial charge in [0, 0.05) is 18.5 Å². The molecular weight excluding hydrogens is 224 g/mol. The molecule has 0 unspecified atom stereocenters. The molecule has 1 aromatic rings. The summed E-state index contributed by atoms with van der Waals surface area (Å²) in [7, 11) is 1.30. The summed E-state index contributed by atoms with van der Waals surface area (Å²) in [6, 6.07) is 3.27. The van der Waals surface area contributed by atoms with Crippen LogP contribution in [0.25, 0.3) is 0 Å². The molecule has 1 rings (SSSR count). The number of nitrogens with zero attached hydrogens (tertiary/aromatic N) is 1. The Bertz CT molecular complexity index is 423. The Balaban J connectivity index is 2.61. The van der Waals surface area contributed by atoms with E-state index in [0.717, 1.165) is 0 Å². The minimum Gasteiger partial charge on any atom is -0.464 e. The van der Waals surface area contributed by atoms with Gasteiger partial charge >= 0.3 is 11.9 Å². The topological polar surface area (TPSA) is 69.6 Å². The van der Waals surface area contributed by atoms with E-state index in [1.165, 1.54) is 24.1 Å². The second-order valence-corrected chi connectivity index (χ2v) is 2.97. The van der Waals surface area contributed by atoms with Crippen molar-refractivity contribution < 1.29 is 19.1 Å². The van der Waals surface area contributed by atoms with Crippen LogP contribution in [0.3, 0.4) is 0 Å². The van der Waals surface area contributed by atoms with Gasteiger partial charge in [0.25, 0.3) is 0 Å². The molecule has 92 valence electrons. The molecule has 1 aromatic heterocycles. The third kappa shape index (κ3) is 3.67. The van der Waals surface area contributed by atoms with Crippen LogP contribution < -0.4 is 5.43 Å². The molecule has 0 radical (unpaired) electrons. The molecule has 0 bridgehead atoms. The van der Waals surface area contributed by atoms with Crippen LogP contribution in [0.15, 0.2) is 30.6 Å². The van der Waals surface area contributed by atoms with Crippen LogP contribution in [0.1, 0.15) is 17.4 Å². The second-order valence-electron chi connectivity index (χ2n) is 2.97. The van der Waals surface area contributed by atoms with Crippen molar-refractivity contribution in [3.63, 3.8) is 0 Å². The van der Waals surface area contributed by atoms with Crippen LogP contribution in [0.4, 0.5) is 0 Å². The maximum Gasteiger partial charge on any atom is 0.356 e. The number of nitrogens with one attached hydrogen (secondary N) is 1. The number of carbonyl (C=O) groups excluding carboxylic acids is 2. The van der Waals surface area contributed by atoms with E-state index in [1.807, 2.05) is 0 Å². The number of hydrogen-bond acceptors (Lipinski definition) is 5. The quantitative estimate of drug-likeness (QED) is 0.609. The number of esters is 2. The highest BCUT2D eigenvalue weighted by Gasteiger charge is 2.09. The monoisotopic (exact) mass is 238 g/mol. The van der Waals surface area contributed by atoms with E-state index < -0.39 is 11.9 Å². The third-order valence-corrected chi connectivity index (χ3v) is 1.86. The molecule has 6 heteroatoms. The van der Waals surface area contributed by atoms with Crippen LogP contribution in [-0.4, -0.2) is 30.3 Å². The Morgan fingerprint density at radius 1 is 1.53 bits per heavy atom. The van der Waals surface area contributed by atoms with E-state index in [-0.39, 0.29) is 0 Å². The van der Waals surface area contributed by atoms with Gasteiger partial charge in [-0.3, -0.25) is 4.68 Å². The predicted molar refractivity (Wildman–Crippen MR) is 60.9 cm³/mol. The first-order chi connectivity index (χ1) is 8.19. The molecule has 0 fully saturated rings. The van der Waals surface area contributed by atoms with Crippen molar-refractivity contribution in [2.75, 3.05) is 19.1 Å². The molecule has 6 nitrogen and oxygen atoms in total. The van der Waals surface area contributed by atoms with Gasteiger partial charge in [0.15, 0.2) is 0 Å². The van der Waals surface area contributed by atoms with E-state index in [2.05, 4.69) is 10.2 Å². The Morgan fingerprint density at radius 3 is 2.94 bits per heavy atom. The van der Waals surface area contributed by atoms with E-state index in [9.17, 15) is 9.59 Å². The Hall–Kier alpha value is -2.24. The van der Waals surface area contributed by atoms with Crippen LogP contribution in [0.5, 0.6) is 0 Å². The fraction of sp³-hybridized carbons (Fsp3) is 0.273. The van der Waals surface area contributed by atoms with Gasteiger partial charge in [-0.2, -0.15) is 0 Å². The summed E-state index contributed by atoms with van der Waals surface area (Å²) in [6.07, 6.45) is 4.23. The van der Waals surface area contributed by atoms with Crippen molar-refractivity contribution in [1.29, 1.82) is 0 Å². The molecular formula is C11H14N2O4. The van der Waals surface area contributed by atoms with Gasteiger partial charge in [0.2, 0.25) is 0 Å². The Kier molecular flexibility index (Phi) is 4.80. The van der Waals surface area contributed by atoms with Crippen LogP contribution >= 0.6 is 0 Å². The van der Waals surface area contributed by atoms with Crippen molar-refractivity contribution >= 4 is 11.9 Å². The van der Waals surface area contributed by atoms with E-state index in [0.29, 0.717) is 12.3 Å². The number of aromatic nitrogens is 1. The molecule has 0 aliphatic carbocycles. The molecule has 0 aromatic carbocycles. The lowest BCUT2D eigenvalue weighted by Gasteiger charge is -2.06. The van der Waals surface area contributed by atoms with Crippen LogP contribution in [-0.2, 0) is 14.3 Å². The zero-order valence-electron chi connectivity index (χ0n) is 9.67. The molecule has 0 amide bonds. The molecule has 0 saturated heterocycles. The predicted octanol–water partition coefficient (Wildman–Crippen LogP) is 0.895. The molecule has 0 aliphatic heterocycles. The van der Waals surface area contributed by atoms with Crippen molar-refractivity contribution in [1.82, 2.24) is 4.68 Å².